The summed E-state index contributed by atoms with van der Waals surface area (Å²) in [5.41, 5.74) is 2.49. The van der Waals surface area contributed by atoms with Gasteiger partial charge < -0.3 is 0 Å². The molecule has 2 atom stereocenters. The molecule has 84 valence electrons. The molecule has 0 aliphatic carbocycles. The highest BCUT2D eigenvalue weighted by atomic mass is 79.9. The summed E-state index contributed by atoms with van der Waals surface area (Å²) in [5.74, 6) is 0.658. The van der Waals surface area contributed by atoms with E-state index in [0.29, 0.717) is 10.7 Å². The molecule has 0 radical (unpaired) electrons. The van der Waals surface area contributed by atoms with Gasteiger partial charge in [0.05, 0.1) is 0 Å². The van der Waals surface area contributed by atoms with Gasteiger partial charge in [-0.15, -0.1) is 0 Å². The van der Waals surface area contributed by atoms with Crippen molar-refractivity contribution in [3.63, 3.8) is 0 Å². The number of halogens is 2. The van der Waals surface area contributed by atoms with Crippen molar-refractivity contribution in [2.45, 2.75) is 38.4 Å². The molecule has 0 heterocycles. The summed E-state index contributed by atoms with van der Waals surface area (Å²) in [6.45, 7) is 6.50. The summed E-state index contributed by atoms with van der Waals surface area (Å²) in [5, 5.41) is 0.904. The first kappa shape index (κ1) is 13.1. The van der Waals surface area contributed by atoms with Gasteiger partial charge in [0.25, 0.3) is 0 Å². The van der Waals surface area contributed by atoms with Crippen molar-refractivity contribution in [2.24, 2.45) is 5.92 Å². The molecule has 1 aromatic rings. The van der Waals surface area contributed by atoms with Gasteiger partial charge >= 0.3 is 0 Å². The fourth-order valence-corrected chi connectivity index (χ4v) is 2.60. The first-order chi connectivity index (χ1) is 7.04. The highest BCUT2D eigenvalue weighted by Crippen LogP contribution is 2.26. The Bertz CT molecular complexity index is 320. The molecule has 0 aliphatic rings. The van der Waals surface area contributed by atoms with Crippen molar-refractivity contribution in [3.8, 4) is 0 Å². The largest absolute Gasteiger partial charge is 0.0891 e. The maximum Gasteiger partial charge on any atom is 0.0440 e. The molecule has 15 heavy (non-hydrogen) atoms. The molecule has 2 heteroatoms. The van der Waals surface area contributed by atoms with Crippen LogP contribution in [0.4, 0.5) is 0 Å². The Balaban J connectivity index is 2.79. The van der Waals surface area contributed by atoms with Gasteiger partial charge in [-0.3, -0.25) is 0 Å². The van der Waals surface area contributed by atoms with E-state index < -0.39 is 0 Å². The minimum absolute atomic E-state index is 0.542. The summed E-state index contributed by atoms with van der Waals surface area (Å²) >= 11 is 9.87. The second-order valence-electron chi connectivity index (χ2n) is 4.14. The summed E-state index contributed by atoms with van der Waals surface area (Å²) in [7, 11) is 0. The van der Waals surface area contributed by atoms with Crippen LogP contribution in [0.3, 0.4) is 0 Å². The Hall–Kier alpha value is -0.0100. The maximum absolute atomic E-state index is 6.22. The summed E-state index contributed by atoms with van der Waals surface area (Å²) < 4.78 is 0. The van der Waals surface area contributed by atoms with Crippen molar-refractivity contribution in [1.82, 2.24) is 0 Å². The zero-order valence-corrected chi connectivity index (χ0v) is 11.9. The van der Waals surface area contributed by atoms with Crippen molar-refractivity contribution < 1.29 is 0 Å². The molecule has 0 fully saturated rings. The van der Waals surface area contributed by atoms with Gasteiger partial charge in [0.2, 0.25) is 0 Å². The lowest BCUT2D eigenvalue weighted by molar-refractivity contribution is 0.508. The first-order valence-electron chi connectivity index (χ1n) is 5.43. The van der Waals surface area contributed by atoms with Crippen LogP contribution in [0.15, 0.2) is 18.2 Å². The molecule has 1 aromatic carbocycles. The highest BCUT2D eigenvalue weighted by Gasteiger charge is 2.14. The topological polar surface area (TPSA) is 0 Å². The molecule has 0 spiro atoms. The van der Waals surface area contributed by atoms with Crippen LogP contribution in [-0.4, -0.2) is 4.83 Å². The minimum atomic E-state index is 0.542. The SMILES string of the molecule is CCC(Cc1ccc(C)cc1Cl)C(C)Br. The van der Waals surface area contributed by atoms with E-state index in [2.05, 4.69) is 48.8 Å². The number of hydrogen-bond acceptors (Lipinski definition) is 0. The number of aryl methyl sites for hydroxylation is 1. The van der Waals surface area contributed by atoms with Crippen LogP contribution in [-0.2, 0) is 6.42 Å². The Morgan fingerprint density at radius 1 is 1.40 bits per heavy atom. The van der Waals surface area contributed by atoms with Crippen molar-refractivity contribution >= 4 is 27.5 Å². The van der Waals surface area contributed by atoms with Gasteiger partial charge in [-0.2, -0.15) is 0 Å². The second-order valence-corrected chi connectivity index (χ2v) is 6.00. The lowest BCUT2D eigenvalue weighted by Gasteiger charge is -2.18. The highest BCUT2D eigenvalue weighted by molar-refractivity contribution is 9.09. The molecule has 0 nitrogen and oxygen atoms in total. The van der Waals surface area contributed by atoms with Crippen LogP contribution in [0.1, 0.15) is 31.4 Å². The van der Waals surface area contributed by atoms with Gasteiger partial charge in [-0.25, -0.2) is 0 Å². The van der Waals surface area contributed by atoms with Crippen LogP contribution in [0.5, 0.6) is 0 Å². The lowest BCUT2D eigenvalue weighted by Crippen LogP contribution is -2.13. The Kier molecular flexibility index (Phi) is 5.14. The molecule has 0 amide bonds. The summed E-state index contributed by atoms with van der Waals surface area (Å²) in [6.07, 6.45) is 2.23. The molecule has 0 bridgehead atoms. The summed E-state index contributed by atoms with van der Waals surface area (Å²) in [4.78, 5) is 0.542. The molecule has 0 N–H and O–H groups in total. The quantitative estimate of drug-likeness (QED) is 0.684. The zero-order chi connectivity index (χ0) is 11.4. The standard InChI is InChI=1S/C13H18BrCl/c1-4-11(10(3)14)8-12-6-5-9(2)7-13(12)15/h5-7,10-11H,4,8H2,1-3H3. The van der Waals surface area contributed by atoms with E-state index in [9.17, 15) is 0 Å². The van der Waals surface area contributed by atoms with Crippen molar-refractivity contribution in [3.05, 3.63) is 34.3 Å². The normalized spacial score (nSPS) is 15.0. The lowest BCUT2D eigenvalue weighted by atomic mass is 9.94. The van der Waals surface area contributed by atoms with Gasteiger partial charge in [0, 0.05) is 9.85 Å². The van der Waals surface area contributed by atoms with Crippen LogP contribution >= 0.6 is 27.5 Å². The summed E-state index contributed by atoms with van der Waals surface area (Å²) in [6, 6.07) is 6.32. The van der Waals surface area contributed by atoms with E-state index >= 15 is 0 Å². The van der Waals surface area contributed by atoms with Gasteiger partial charge in [-0.05, 0) is 36.5 Å². The molecule has 1 rings (SSSR count). The van der Waals surface area contributed by atoms with E-state index in [0.717, 1.165) is 11.4 Å². The third-order valence-electron chi connectivity index (χ3n) is 2.86. The third-order valence-corrected chi connectivity index (χ3v) is 3.96. The van der Waals surface area contributed by atoms with Gasteiger partial charge in [-0.1, -0.05) is 59.9 Å². The fourth-order valence-electron chi connectivity index (χ4n) is 1.73. The van der Waals surface area contributed by atoms with Gasteiger partial charge in [0.1, 0.15) is 0 Å². The molecule has 0 saturated carbocycles. The monoisotopic (exact) mass is 288 g/mol. The molecule has 0 saturated heterocycles. The second kappa shape index (κ2) is 5.91. The number of hydrogen-bond donors (Lipinski definition) is 0. The molecular formula is C13H18BrCl. The van der Waals surface area contributed by atoms with Crippen LogP contribution in [0.2, 0.25) is 5.02 Å². The first-order valence-corrected chi connectivity index (χ1v) is 6.73. The Morgan fingerprint density at radius 3 is 2.53 bits per heavy atom. The maximum atomic E-state index is 6.22. The van der Waals surface area contributed by atoms with Crippen molar-refractivity contribution in [1.29, 1.82) is 0 Å². The van der Waals surface area contributed by atoms with E-state index in [1.165, 1.54) is 17.5 Å². The van der Waals surface area contributed by atoms with Crippen molar-refractivity contribution in [2.75, 3.05) is 0 Å². The Morgan fingerprint density at radius 2 is 2.07 bits per heavy atom. The number of alkyl halides is 1. The smallest absolute Gasteiger partial charge is 0.0440 e. The van der Waals surface area contributed by atoms with E-state index in [1.807, 2.05) is 6.07 Å². The average Bonchev–Trinajstić information content (AvgIpc) is 2.16. The molecule has 2 unspecified atom stereocenters. The number of rotatable bonds is 4. The van der Waals surface area contributed by atoms with E-state index in [1.54, 1.807) is 0 Å². The Labute approximate surface area is 106 Å². The average molecular weight is 290 g/mol. The predicted molar refractivity (Wildman–Crippen MR) is 72.1 cm³/mol. The predicted octanol–water partition coefficient (Wildman–Crippen LogP) is 5.00. The van der Waals surface area contributed by atoms with Gasteiger partial charge in [0.15, 0.2) is 0 Å². The molecule has 0 aliphatic heterocycles. The third kappa shape index (κ3) is 3.81. The molecule has 0 aromatic heterocycles. The van der Waals surface area contributed by atoms with Crippen LogP contribution in [0, 0.1) is 12.8 Å². The van der Waals surface area contributed by atoms with E-state index in [4.69, 9.17) is 11.6 Å². The minimum Gasteiger partial charge on any atom is -0.0891 e. The zero-order valence-electron chi connectivity index (χ0n) is 9.56. The van der Waals surface area contributed by atoms with Crippen LogP contribution in [0.25, 0.3) is 0 Å². The molecular weight excluding hydrogens is 272 g/mol. The number of benzene rings is 1. The van der Waals surface area contributed by atoms with Crippen LogP contribution < -0.4 is 0 Å². The van der Waals surface area contributed by atoms with E-state index in [-0.39, 0.29) is 0 Å². The fraction of sp³-hybridized carbons (Fsp3) is 0.538.